The standard InChI is InChI=1S/C17H17F3N2O3/c1-10(8-11-2-6-13(7-3-11)25-17(18,19)20)16(23)21-15-14(9-24-22-15)12-4-5-12/h2-3,6-7,9-10,12H,4-5,8H2,1H3,(H,21,22,23). The Kier molecular flexibility index (Phi) is 4.69. The zero-order valence-electron chi connectivity index (χ0n) is 13.5. The lowest BCUT2D eigenvalue weighted by Crippen LogP contribution is -2.23. The van der Waals surface area contributed by atoms with E-state index in [0.717, 1.165) is 24.0 Å². The number of hydrogen-bond donors (Lipinski definition) is 1. The summed E-state index contributed by atoms with van der Waals surface area (Å²) < 4.78 is 45.2. The molecule has 1 aliphatic carbocycles. The van der Waals surface area contributed by atoms with Gasteiger partial charge in [-0.1, -0.05) is 24.2 Å². The number of rotatable bonds is 6. The molecule has 1 aromatic carbocycles. The lowest BCUT2D eigenvalue weighted by atomic mass is 10.00. The van der Waals surface area contributed by atoms with Gasteiger partial charge >= 0.3 is 6.36 Å². The van der Waals surface area contributed by atoms with Gasteiger partial charge in [0, 0.05) is 11.5 Å². The number of benzene rings is 1. The Morgan fingerprint density at radius 3 is 2.64 bits per heavy atom. The fourth-order valence-corrected chi connectivity index (χ4v) is 2.54. The van der Waals surface area contributed by atoms with Gasteiger partial charge in [-0.3, -0.25) is 4.79 Å². The van der Waals surface area contributed by atoms with E-state index in [0.29, 0.717) is 18.2 Å². The monoisotopic (exact) mass is 354 g/mol. The average molecular weight is 354 g/mol. The van der Waals surface area contributed by atoms with E-state index in [4.69, 9.17) is 4.52 Å². The van der Waals surface area contributed by atoms with Crippen LogP contribution < -0.4 is 10.1 Å². The first-order valence-corrected chi connectivity index (χ1v) is 7.91. The lowest BCUT2D eigenvalue weighted by molar-refractivity contribution is -0.274. The summed E-state index contributed by atoms with van der Waals surface area (Å²) in [5.41, 5.74) is 1.65. The van der Waals surface area contributed by atoms with Crippen molar-refractivity contribution in [3.05, 3.63) is 41.7 Å². The molecule has 0 radical (unpaired) electrons. The van der Waals surface area contributed by atoms with Crippen molar-refractivity contribution in [2.24, 2.45) is 5.92 Å². The van der Waals surface area contributed by atoms with E-state index < -0.39 is 6.36 Å². The van der Waals surface area contributed by atoms with Gasteiger partial charge in [0.15, 0.2) is 5.82 Å². The summed E-state index contributed by atoms with van der Waals surface area (Å²) in [6.45, 7) is 1.74. The fraction of sp³-hybridized carbons (Fsp3) is 0.412. The first kappa shape index (κ1) is 17.3. The summed E-state index contributed by atoms with van der Waals surface area (Å²) in [6.07, 6.45) is -0.657. The van der Waals surface area contributed by atoms with Crippen LogP contribution in [-0.4, -0.2) is 17.4 Å². The second-order valence-electron chi connectivity index (χ2n) is 6.18. The van der Waals surface area contributed by atoms with E-state index in [2.05, 4.69) is 15.2 Å². The predicted molar refractivity (Wildman–Crippen MR) is 83.1 cm³/mol. The number of alkyl halides is 3. The van der Waals surface area contributed by atoms with Crippen LogP contribution in [0, 0.1) is 5.92 Å². The number of anilines is 1. The van der Waals surface area contributed by atoms with E-state index in [1.807, 2.05) is 0 Å². The molecule has 1 amide bonds. The van der Waals surface area contributed by atoms with Gasteiger partial charge in [-0.15, -0.1) is 13.2 Å². The molecular formula is C17H17F3N2O3. The first-order valence-electron chi connectivity index (χ1n) is 7.91. The molecule has 0 saturated heterocycles. The van der Waals surface area contributed by atoms with Crippen molar-refractivity contribution in [2.45, 2.75) is 38.5 Å². The minimum absolute atomic E-state index is 0.216. The van der Waals surface area contributed by atoms with Crippen LogP contribution in [0.2, 0.25) is 0 Å². The predicted octanol–water partition coefficient (Wildman–Crippen LogP) is 4.27. The normalized spacial score (nSPS) is 15.7. The highest BCUT2D eigenvalue weighted by molar-refractivity contribution is 5.92. The molecule has 8 heteroatoms. The van der Waals surface area contributed by atoms with Crippen LogP contribution in [0.15, 0.2) is 35.1 Å². The highest BCUT2D eigenvalue weighted by Crippen LogP contribution is 2.43. The molecule has 0 bridgehead atoms. The van der Waals surface area contributed by atoms with E-state index in [-0.39, 0.29) is 17.6 Å². The second kappa shape index (κ2) is 6.78. The summed E-state index contributed by atoms with van der Waals surface area (Å²) in [7, 11) is 0. The number of aromatic nitrogens is 1. The highest BCUT2D eigenvalue weighted by Gasteiger charge is 2.31. The third kappa shape index (κ3) is 4.74. The fourth-order valence-electron chi connectivity index (χ4n) is 2.54. The van der Waals surface area contributed by atoms with Crippen molar-refractivity contribution in [3.8, 4) is 5.75 Å². The SMILES string of the molecule is CC(Cc1ccc(OC(F)(F)F)cc1)C(=O)Nc1nocc1C1CC1. The maximum atomic E-state index is 12.3. The molecule has 1 N–H and O–H groups in total. The summed E-state index contributed by atoms with van der Waals surface area (Å²) >= 11 is 0. The number of amides is 1. The molecule has 0 aliphatic heterocycles. The summed E-state index contributed by atoms with van der Waals surface area (Å²) in [5, 5.41) is 6.58. The molecule has 0 spiro atoms. The molecule has 25 heavy (non-hydrogen) atoms. The molecule has 1 fully saturated rings. The second-order valence-corrected chi connectivity index (χ2v) is 6.18. The lowest BCUT2D eigenvalue weighted by Gasteiger charge is -2.13. The molecule has 1 unspecified atom stereocenters. The zero-order valence-corrected chi connectivity index (χ0v) is 13.5. The molecule has 1 aromatic heterocycles. The maximum absolute atomic E-state index is 12.3. The van der Waals surface area contributed by atoms with Gasteiger partial charge in [-0.2, -0.15) is 0 Å². The Balaban J connectivity index is 1.56. The average Bonchev–Trinajstić information content (AvgIpc) is 3.27. The van der Waals surface area contributed by atoms with Crippen LogP contribution in [0.4, 0.5) is 19.0 Å². The first-order chi connectivity index (χ1) is 11.8. The maximum Gasteiger partial charge on any atom is 0.573 e. The molecule has 5 nitrogen and oxygen atoms in total. The van der Waals surface area contributed by atoms with Gasteiger partial charge in [0.05, 0.1) is 0 Å². The van der Waals surface area contributed by atoms with Crippen molar-refractivity contribution >= 4 is 11.7 Å². The van der Waals surface area contributed by atoms with Crippen LogP contribution in [0.5, 0.6) is 5.75 Å². The molecule has 1 heterocycles. The third-order valence-corrected chi connectivity index (χ3v) is 4.00. The summed E-state index contributed by atoms with van der Waals surface area (Å²) in [5.74, 6) is -0.0270. The largest absolute Gasteiger partial charge is 0.573 e. The quantitative estimate of drug-likeness (QED) is 0.841. The number of halogens is 3. The van der Waals surface area contributed by atoms with E-state index in [1.165, 1.54) is 24.3 Å². The number of nitrogens with zero attached hydrogens (tertiary/aromatic N) is 1. The smallest absolute Gasteiger partial charge is 0.406 e. The number of carbonyl (C=O) groups excluding carboxylic acids is 1. The summed E-state index contributed by atoms with van der Waals surface area (Å²) in [4.78, 5) is 12.3. The minimum Gasteiger partial charge on any atom is -0.406 e. The molecular weight excluding hydrogens is 337 g/mol. The van der Waals surface area contributed by atoms with Crippen LogP contribution in [0.25, 0.3) is 0 Å². The highest BCUT2D eigenvalue weighted by atomic mass is 19.4. The molecule has 1 aliphatic rings. The van der Waals surface area contributed by atoms with Crippen molar-refractivity contribution in [1.29, 1.82) is 0 Å². The molecule has 1 atom stereocenters. The molecule has 134 valence electrons. The number of nitrogens with one attached hydrogen (secondary N) is 1. The van der Waals surface area contributed by atoms with Crippen LogP contribution in [0.1, 0.15) is 36.8 Å². The van der Waals surface area contributed by atoms with Crippen LogP contribution in [0.3, 0.4) is 0 Å². The topological polar surface area (TPSA) is 64.4 Å². The van der Waals surface area contributed by atoms with Gasteiger partial charge < -0.3 is 14.6 Å². The Morgan fingerprint density at radius 2 is 2.04 bits per heavy atom. The van der Waals surface area contributed by atoms with Gasteiger partial charge in [-0.05, 0) is 42.9 Å². The van der Waals surface area contributed by atoms with E-state index in [9.17, 15) is 18.0 Å². The molecule has 2 aromatic rings. The minimum atomic E-state index is -4.72. The Morgan fingerprint density at radius 1 is 1.36 bits per heavy atom. The number of carbonyl (C=O) groups is 1. The Hall–Kier alpha value is -2.51. The summed E-state index contributed by atoms with van der Waals surface area (Å²) in [6, 6.07) is 5.49. The van der Waals surface area contributed by atoms with Gasteiger partial charge in [0.2, 0.25) is 5.91 Å². The van der Waals surface area contributed by atoms with E-state index >= 15 is 0 Å². The Labute approximate surface area is 142 Å². The van der Waals surface area contributed by atoms with Crippen molar-refractivity contribution in [2.75, 3.05) is 5.32 Å². The number of ether oxygens (including phenoxy) is 1. The van der Waals surface area contributed by atoms with Crippen LogP contribution >= 0.6 is 0 Å². The third-order valence-electron chi connectivity index (χ3n) is 4.00. The van der Waals surface area contributed by atoms with Crippen molar-refractivity contribution in [3.63, 3.8) is 0 Å². The zero-order chi connectivity index (χ0) is 18.0. The van der Waals surface area contributed by atoms with Crippen LogP contribution in [-0.2, 0) is 11.2 Å². The van der Waals surface area contributed by atoms with E-state index in [1.54, 1.807) is 13.2 Å². The van der Waals surface area contributed by atoms with Gasteiger partial charge in [-0.25, -0.2) is 0 Å². The number of hydrogen-bond acceptors (Lipinski definition) is 4. The van der Waals surface area contributed by atoms with Gasteiger partial charge in [0.1, 0.15) is 12.0 Å². The molecule has 1 saturated carbocycles. The molecule has 3 rings (SSSR count). The van der Waals surface area contributed by atoms with Gasteiger partial charge in [0.25, 0.3) is 0 Å². The Bertz CT molecular complexity index is 736. The van der Waals surface area contributed by atoms with Crippen molar-refractivity contribution < 1.29 is 27.2 Å². The van der Waals surface area contributed by atoms with Crippen molar-refractivity contribution in [1.82, 2.24) is 5.16 Å².